The first-order valence-electron chi connectivity index (χ1n) is 8.20. The van der Waals surface area contributed by atoms with Crippen molar-refractivity contribution >= 4 is 27.3 Å². The summed E-state index contributed by atoms with van der Waals surface area (Å²) >= 11 is 1.74. The molecule has 2 heterocycles. The van der Waals surface area contributed by atoms with Crippen molar-refractivity contribution in [1.82, 2.24) is 0 Å². The van der Waals surface area contributed by atoms with E-state index in [0.717, 1.165) is 23.6 Å². The van der Waals surface area contributed by atoms with Crippen LogP contribution in [0.5, 0.6) is 5.75 Å². The zero-order valence-corrected chi connectivity index (χ0v) is 14.3. The van der Waals surface area contributed by atoms with Crippen LogP contribution in [0.3, 0.4) is 0 Å². The van der Waals surface area contributed by atoms with Crippen LogP contribution < -0.4 is 4.74 Å². The van der Waals surface area contributed by atoms with Gasteiger partial charge in [-0.15, -0.1) is 11.3 Å². The maximum absolute atomic E-state index is 6.01. The molecule has 0 amide bonds. The van der Waals surface area contributed by atoms with Gasteiger partial charge >= 0.3 is 0 Å². The number of ether oxygens (including phenoxy) is 2. The van der Waals surface area contributed by atoms with E-state index in [0.29, 0.717) is 6.61 Å². The van der Waals surface area contributed by atoms with Gasteiger partial charge in [0.15, 0.2) is 0 Å². The second-order valence-corrected chi connectivity index (χ2v) is 6.86. The van der Waals surface area contributed by atoms with Gasteiger partial charge in [-0.25, -0.2) is 4.99 Å². The average molecular weight is 337 g/mol. The number of hydrogen-bond acceptors (Lipinski definition) is 4. The summed E-state index contributed by atoms with van der Waals surface area (Å²) in [6, 6.07) is 18.5. The minimum atomic E-state index is 0.0840. The Bertz CT molecular complexity index is 856. The highest BCUT2D eigenvalue weighted by molar-refractivity contribution is 7.17. The Morgan fingerprint density at radius 2 is 1.96 bits per heavy atom. The van der Waals surface area contributed by atoms with Gasteiger partial charge < -0.3 is 9.47 Å². The van der Waals surface area contributed by atoms with Gasteiger partial charge in [0.2, 0.25) is 5.90 Å². The van der Waals surface area contributed by atoms with Gasteiger partial charge in [0.05, 0.1) is 12.6 Å². The van der Waals surface area contributed by atoms with Gasteiger partial charge in [-0.1, -0.05) is 24.3 Å². The summed E-state index contributed by atoms with van der Waals surface area (Å²) in [6.07, 6.45) is 0.929. The van der Waals surface area contributed by atoms with Crippen molar-refractivity contribution in [2.75, 3.05) is 6.61 Å². The van der Waals surface area contributed by atoms with E-state index < -0.39 is 0 Å². The van der Waals surface area contributed by atoms with Gasteiger partial charge in [-0.05, 0) is 42.6 Å². The van der Waals surface area contributed by atoms with Crippen LogP contribution >= 0.6 is 11.3 Å². The molecule has 3 aromatic rings. The first kappa shape index (κ1) is 15.2. The molecule has 24 heavy (non-hydrogen) atoms. The number of benzene rings is 2. The number of rotatable bonds is 5. The monoisotopic (exact) mass is 337 g/mol. The van der Waals surface area contributed by atoms with Crippen molar-refractivity contribution in [3.63, 3.8) is 0 Å². The van der Waals surface area contributed by atoms with Crippen LogP contribution in [0, 0.1) is 0 Å². The molecular weight excluding hydrogens is 318 g/mol. The van der Waals surface area contributed by atoms with Crippen molar-refractivity contribution in [3.05, 3.63) is 65.5 Å². The lowest BCUT2D eigenvalue weighted by Crippen LogP contribution is -2.21. The smallest absolute Gasteiger partial charge is 0.216 e. The zero-order valence-electron chi connectivity index (χ0n) is 13.5. The lowest BCUT2D eigenvalue weighted by molar-refractivity contribution is 0.193. The molecule has 0 fully saturated rings. The summed E-state index contributed by atoms with van der Waals surface area (Å²) in [5.74, 6) is 1.70. The van der Waals surface area contributed by atoms with Crippen molar-refractivity contribution in [2.45, 2.75) is 25.5 Å². The molecule has 0 saturated carbocycles. The summed E-state index contributed by atoms with van der Waals surface area (Å²) in [5.41, 5.74) is 1.04. The van der Waals surface area contributed by atoms with Crippen LogP contribution in [0.1, 0.15) is 18.9 Å². The molecule has 0 spiro atoms. The van der Waals surface area contributed by atoms with Gasteiger partial charge in [0, 0.05) is 22.1 Å². The number of fused-ring (bicyclic) bond motifs is 1. The summed E-state index contributed by atoms with van der Waals surface area (Å²) in [6.45, 7) is 2.71. The summed E-state index contributed by atoms with van der Waals surface area (Å²) in [5, 5.41) is 3.28. The molecule has 2 aromatic carbocycles. The van der Waals surface area contributed by atoms with E-state index in [-0.39, 0.29) is 12.1 Å². The summed E-state index contributed by atoms with van der Waals surface area (Å²) in [7, 11) is 0. The Kier molecular flexibility index (Phi) is 4.22. The van der Waals surface area contributed by atoms with E-state index in [9.17, 15) is 0 Å². The minimum absolute atomic E-state index is 0.0840. The highest BCUT2D eigenvalue weighted by Crippen LogP contribution is 2.30. The van der Waals surface area contributed by atoms with Crippen LogP contribution in [0.2, 0.25) is 0 Å². The van der Waals surface area contributed by atoms with Crippen LogP contribution in [-0.2, 0) is 4.74 Å². The van der Waals surface area contributed by atoms with E-state index in [2.05, 4.69) is 24.4 Å². The Labute approximate surface area is 145 Å². The van der Waals surface area contributed by atoms with Crippen LogP contribution in [0.4, 0.5) is 0 Å². The standard InChI is InChI=1S/C20H19NO2S/c1-14-17(21-20(23-14)15-6-3-2-4-7-15)10-12-22-18-8-5-9-19-16(18)11-13-24-19/h2-9,11,13-14,17H,10,12H2,1H3. The van der Waals surface area contributed by atoms with Gasteiger partial charge in [0.1, 0.15) is 11.9 Å². The summed E-state index contributed by atoms with van der Waals surface area (Å²) < 4.78 is 13.2. The lowest BCUT2D eigenvalue weighted by atomic mass is 10.1. The Balaban J connectivity index is 1.41. The Morgan fingerprint density at radius 1 is 1.08 bits per heavy atom. The molecule has 122 valence electrons. The van der Waals surface area contributed by atoms with E-state index in [1.807, 2.05) is 42.5 Å². The molecular formula is C20H19NO2S. The third-order valence-corrected chi connectivity index (χ3v) is 5.15. The fourth-order valence-corrected chi connectivity index (χ4v) is 3.75. The molecule has 0 radical (unpaired) electrons. The second-order valence-electron chi connectivity index (χ2n) is 5.92. The predicted molar refractivity (Wildman–Crippen MR) is 99.3 cm³/mol. The van der Waals surface area contributed by atoms with Crippen LogP contribution in [0.15, 0.2) is 65.0 Å². The summed E-state index contributed by atoms with van der Waals surface area (Å²) in [4.78, 5) is 4.74. The molecule has 1 aliphatic rings. The third-order valence-electron chi connectivity index (χ3n) is 4.27. The molecule has 1 aliphatic heterocycles. The van der Waals surface area contributed by atoms with Gasteiger partial charge in [-0.2, -0.15) is 0 Å². The van der Waals surface area contributed by atoms with Gasteiger partial charge in [0.25, 0.3) is 0 Å². The molecule has 0 bridgehead atoms. The second kappa shape index (κ2) is 6.65. The third kappa shape index (κ3) is 3.02. The van der Waals surface area contributed by atoms with Crippen molar-refractivity contribution in [1.29, 1.82) is 0 Å². The normalized spacial score (nSPS) is 20.0. The number of thiophene rings is 1. The first-order chi connectivity index (χ1) is 11.8. The predicted octanol–water partition coefficient (Wildman–Crippen LogP) is 4.90. The van der Waals surface area contributed by atoms with Crippen LogP contribution in [0.25, 0.3) is 10.1 Å². The average Bonchev–Trinajstić information content (AvgIpc) is 3.23. The maximum atomic E-state index is 6.01. The van der Waals surface area contributed by atoms with E-state index >= 15 is 0 Å². The molecule has 1 aromatic heterocycles. The van der Waals surface area contributed by atoms with Crippen molar-refractivity contribution in [2.24, 2.45) is 4.99 Å². The first-order valence-corrected chi connectivity index (χ1v) is 9.08. The largest absolute Gasteiger partial charge is 0.493 e. The van der Waals surface area contributed by atoms with E-state index in [4.69, 9.17) is 14.5 Å². The van der Waals surface area contributed by atoms with Crippen molar-refractivity contribution < 1.29 is 9.47 Å². The zero-order chi connectivity index (χ0) is 16.4. The molecule has 4 heteroatoms. The van der Waals surface area contributed by atoms with Crippen molar-refractivity contribution in [3.8, 4) is 5.75 Å². The number of aliphatic imine (C=N–C) groups is 1. The number of hydrogen-bond donors (Lipinski definition) is 0. The SMILES string of the molecule is CC1OC(c2ccccc2)=NC1CCOc1cccc2sccc12. The van der Waals surface area contributed by atoms with E-state index in [1.165, 1.54) is 10.1 Å². The molecule has 2 unspecified atom stereocenters. The molecule has 0 saturated heterocycles. The fourth-order valence-electron chi connectivity index (χ4n) is 2.94. The van der Waals surface area contributed by atoms with Crippen LogP contribution in [-0.4, -0.2) is 24.7 Å². The fraction of sp³-hybridized carbons (Fsp3) is 0.250. The topological polar surface area (TPSA) is 30.8 Å². The molecule has 4 rings (SSSR count). The van der Waals surface area contributed by atoms with Gasteiger partial charge in [-0.3, -0.25) is 0 Å². The lowest BCUT2D eigenvalue weighted by Gasteiger charge is -2.13. The van der Waals surface area contributed by atoms with E-state index in [1.54, 1.807) is 11.3 Å². The Morgan fingerprint density at radius 3 is 2.83 bits per heavy atom. The molecule has 3 nitrogen and oxygen atoms in total. The number of nitrogens with zero attached hydrogens (tertiary/aromatic N) is 1. The minimum Gasteiger partial charge on any atom is -0.493 e. The molecule has 0 N–H and O–H groups in total. The maximum Gasteiger partial charge on any atom is 0.216 e. The highest BCUT2D eigenvalue weighted by Gasteiger charge is 2.27. The quantitative estimate of drug-likeness (QED) is 0.663. The highest BCUT2D eigenvalue weighted by atomic mass is 32.1. The molecule has 2 atom stereocenters. The Hall–Kier alpha value is -2.33. The molecule has 0 aliphatic carbocycles.